The number of fused-ring (bicyclic) bond motifs is 1. The molecule has 0 aliphatic heterocycles. The van der Waals surface area contributed by atoms with Crippen LogP contribution < -0.4 is 0 Å². The normalized spacial score (nSPS) is 11.8. The number of benzene rings is 3. The lowest BCUT2D eigenvalue weighted by molar-refractivity contribution is 0.584. The summed E-state index contributed by atoms with van der Waals surface area (Å²) in [4.78, 5) is 4.71. The van der Waals surface area contributed by atoms with E-state index in [1.807, 2.05) is 30.3 Å². The van der Waals surface area contributed by atoms with Gasteiger partial charge < -0.3 is 0 Å². The number of halogens is 2. The van der Waals surface area contributed by atoms with Crippen molar-refractivity contribution in [3.63, 3.8) is 0 Å². The molecule has 0 bridgehead atoms. The van der Waals surface area contributed by atoms with Crippen molar-refractivity contribution in [1.29, 1.82) is 0 Å². The second-order valence-corrected chi connectivity index (χ2v) is 9.62. The monoisotopic (exact) mass is 448 g/mol. The second kappa shape index (κ2) is 7.79. The molecule has 0 saturated heterocycles. The van der Waals surface area contributed by atoms with Crippen molar-refractivity contribution in [3.05, 3.63) is 88.4 Å². The first-order valence-corrected chi connectivity index (χ1v) is 11.5. The summed E-state index contributed by atoms with van der Waals surface area (Å²) >= 11 is 13.2. The number of thioether (sulfide) groups is 1. The number of imidazole rings is 1. The zero-order valence-corrected chi connectivity index (χ0v) is 17.6. The third-order valence-corrected chi connectivity index (χ3v) is 7.47. The first kappa shape index (κ1) is 19.3. The number of hydrogen-bond donors (Lipinski definition) is 0. The van der Waals surface area contributed by atoms with Crippen molar-refractivity contribution in [2.24, 2.45) is 0 Å². The standard InChI is InChI=1S/C20H14Cl2N2O2S2/c21-15-7-5-14(6-8-15)13-27-20-23-18-3-1-2-4-19(18)24(20)28(25,26)17-11-9-16(22)10-12-17/h1-12H,13H2. The Morgan fingerprint density at radius 3 is 2.14 bits per heavy atom. The third kappa shape index (κ3) is 3.78. The molecule has 1 heterocycles. The number of aromatic nitrogens is 2. The van der Waals surface area contributed by atoms with Crippen LogP contribution in [0.5, 0.6) is 0 Å². The Morgan fingerprint density at radius 2 is 1.46 bits per heavy atom. The number of hydrogen-bond acceptors (Lipinski definition) is 4. The van der Waals surface area contributed by atoms with Gasteiger partial charge in [0.05, 0.1) is 15.9 Å². The molecule has 0 unspecified atom stereocenters. The molecule has 28 heavy (non-hydrogen) atoms. The minimum absolute atomic E-state index is 0.161. The van der Waals surface area contributed by atoms with E-state index in [9.17, 15) is 8.42 Å². The minimum Gasteiger partial charge on any atom is -0.222 e. The first-order valence-electron chi connectivity index (χ1n) is 8.31. The molecule has 4 nitrogen and oxygen atoms in total. The molecule has 0 N–H and O–H groups in total. The van der Waals surface area contributed by atoms with Gasteiger partial charge in [0.2, 0.25) is 0 Å². The maximum Gasteiger partial charge on any atom is 0.270 e. The SMILES string of the molecule is O=S(=O)(c1ccc(Cl)cc1)n1c(SCc2ccc(Cl)cc2)nc2ccccc21. The molecule has 142 valence electrons. The van der Waals surface area contributed by atoms with E-state index < -0.39 is 10.0 Å². The highest BCUT2D eigenvalue weighted by molar-refractivity contribution is 7.99. The van der Waals surface area contributed by atoms with E-state index in [0.29, 0.717) is 32.0 Å². The van der Waals surface area contributed by atoms with Gasteiger partial charge in [-0.05, 0) is 54.1 Å². The highest BCUT2D eigenvalue weighted by atomic mass is 35.5. The summed E-state index contributed by atoms with van der Waals surface area (Å²) in [7, 11) is -3.83. The Morgan fingerprint density at radius 1 is 0.857 bits per heavy atom. The largest absolute Gasteiger partial charge is 0.270 e. The van der Waals surface area contributed by atoms with Crippen LogP contribution in [0, 0.1) is 0 Å². The van der Waals surface area contributed by atoms with Gasteiger partial charge in [-0.3, -0.25) is 0 Å². The van der Waals surface area contributed by atoms with Crippen molar-refractivity contribution < 1.29 is 8.42 Å². The molecule has 8 heteroatoms. The Kier molecular flexibility index (Phi) is 5.38. The number of para-hydroxylation sites is 2. The van der Waals surface area contributed by atoms with Crippen LogP contribution in [0.25, 0.3) is 11.0 Å². The maximum atomic E-state index is 13.3. The molecule has 3 aromatic carbocycles. The predicted octanol–water partition coefficient (Wildman–Crippen LogP) is 5.87. The van der Waals surface area contributed by atoms with Gasteiger partial charge >= 0.3 is 0 Å². The molecule has 0 aliphatic rings. The fourth-order valence-corrected chi connectivity index (χ4v) is 5.67. The molecule has 4 rings (SSSR count). The smallest absolute Gasteiger partial charge is 0.222 e. The zero-order chi connectivity index (χ0) is 19.7. The fourth-order valence-electron chi connectivity index (χ4n) is 2.75. The lowest BCUT2D eigenvalue weighted by atomic mass is 10.2. The highest BCUT2D eigenvalue weighted by Gasteiger charge is 2.24. The highest BCUT2D eigenvalue weighted by Crippen LogP contribution is 2.31. The molecule has 0 aliphatic carbocycles. The van der Waals surface area contributed by atoms with Crippen molar-refractivity contribution in [1.82, 2.24) is 8.96 Å². The van der Waals surface area contributed by atoms with Crippen molar-refractivity contribution in [2.75, 3.05) is 0 Å². The van der Waals surface area contributed by atoms with Gasteiger partial charge in [-0.1, -0.05) is 59.2 Å². The predicted molar refractivity (Wildman–Crippen MR) is 115 cm³/mol. The number of nitrogens with zero attached hydrogens (tertiary/aromatic N) is 2. The average Bonchev–Trinajstić information content (AvgIpc) is 3.07. The van der Waals surface area contributed by atoms with Gasteiger partial charge in [0.1, 0.15) is 0 Å². The molecular weight excluding hydrogens is 435 g/mol. The maximum absolute atomic E-state index is 13.3. The van der Waals surface area contributed by atoms with Crippen LogP contribution in [0.15, 0.2) is 82.8 Å². The summed E-state index contributed by atoms with van der Waals surface area (Å²) in [6.07, 6.45) is 0. The molecule has 0 fully saturated rings. The van der Waals surface area contributed by atoms with Gasteiger partial charge in [0.15, 0.2) is 5.16 Å². The van der Waals surface area contributed by atoms with Crippen LogP contribution in [-0.4, -0.2) is 17.4 Å². The van der Waals surface area contributed by atoms with Crippen LogP contribution in [0.3, 0.4) is 0 Å². The molecular formula is C20H14Cl2N2O2S2. The molecule has 0 saturated carbocycles. The Labute approximate surface area is 177 Å². The second-order valence-electron chi connectivity index (χ2n) is 6.02. The fraction of sp³-hybridized carbons (Fsp3) is 0.0500. The van der Waals surface area contributed by atoms with E-state index in [4.69, 9.17) is 23.2 Å². The summed E-state index contributed by atoms with van der Waals surface area (Å²) in [5, 5.41) is 1.55. The lowest BCUT2D eigenvalue weighted by Gasteiger charge is -2.10. The van der Waals surface area contributed by atoms with E-state index in [-0.39, 0.29) is 4.90 Å². The van der Waals surface area contributed by atoms with Crippen molar-refractivity contribution in [3.8, 4) is 0 Å². The van der Waals surface area contributed by atoms with E-state index in [1.54, 1.807) is 30.3 Å². The molecule has 0 atom stereocenters. The quantitative estimate of drug-likeness (QED) is 0.358. The van der Waals surface area contributed by atoms with E-state index in [2.05, 4.69) is 4.98 Å². The minimum atomic E-state index is -3.83. The topological polar surface area (TPSA) is 52.0 Å². The Bertz CT molecular complexity index is 1240. The first-order chi connectivity index (χ1) is 13.4. The van der Waals surface area contributed by atoms with Gasteiger partial charge in [0.25, 0.3) is 10.0 Å². The van der Waals surface area contributed by atoms with E-state index in [0.717, 1.165) is 5.56 Å². The third-order valence-electron chi connectivity index (χ3n) is 4.12. The van der Waals surface area contributed by atoms with Gasteiger partial charge in [-0.2, -0.15) is 0 Å². The van der Waals surface area contributed by atoms with Crippen LogP contribution in [-0.2, 0) is 15.8 Å². The average molecular weight is 449 g/mol. The lowest BCUT2D eigenvalue weighted by Crippen LogP contribution is -2.14. The van der Waals surface area contributed by atoms with Crippen LogP contribution >= 0.6 is 35.0 Å². The van der Waals surface area contributed by atoms with Crippen LogP contribution in [0.2, 0.25) is 10.0 Å². The zero-order valence-electron chi connectivity index (χ0n) is 14.4. The van der Waals surface area contributed by atoms with Crippen molar-refractivity contribution in [2.45, 2.75) is 15.8 Å². The van der Waals surface area contributed by atoms with E-state index >= 15 is 0 Å². The Hall–Kier alpha value is -1.99. The van der Waals surface area contributed by atoms with Crippen molar-refractivity contribution >= 4 is 56.0 Å². The molecule has 0 amide bonds. The van der Waals surface area contributed by atoms with E-state index in [1.165, 1.54) is 27.9 Å². The van der Waals surface area contributed by atoms with Gasteiger partial charge in [-0.25, -0.2) is 17.4 Å². The molecule has 4 aromatic rings. The van der Waals surface area contributed by atoms with Gasteiger partial charge in [-0.15, -0.1) is 0 Å². The van der Waals surface area contributed by atoms with Crippen LogP contribution in [0.1, 0.15) is 5.56 Å². The van der Waals surface area contributed by atoms with Gasteiger partial charge in [0, 0.05) is 15.8 Å². The summed E-state index contributed by atoms with van der Waals surface area (Å²) < 4.78 is 28.0. The summed E-state index contributed by atoms with van der Waals surface area (Å²) in [6.45, 7) is 0. The summed E-state index contributed by atoms with van der Waals surface area (Å²) in [5.74, 6) is 0.566. The molecule has 0 spiro atoms. The molecule has 0 radical (unpaired) electrons. The summed E-state index contributed by atoms with van der Waals surface area (Å²) in [6, 6.07) is 20.8. The Balaban J connectivity index is 1.79. The number of rotatable bonds is 5. The summed E-state index contributed by atoms with van der Waals surface area (Å²) in [5.41, 5.74) is 2.19. The molecule has 1 aromatic heterocycles. The van der Waals surface area contributed by atoms with Crippen LogP contribution in [0.4, 0.5) is 0 Å².